The number of hydrogen-bond donors (Lipinski definition) is 1. The predicted octanol–water partition coefficient (Wildman–Crippen LogP) is 3.78. The lowest BCUT2D eigenvalue weighted by atomic mass is 10.2. The summed E-state index contributed by atoms with van der Waals surface area (Å²) in [6, 6.07) is 3.21. The summed E-state index contributed by atoms with van der Waals surface area (Å²) < 4.78 is 55.4. The van der Waals surface area contributed by atoms with Crippen molar-refractivity contribution < 1.29 is 32.2 Å². The minimum absolute atomic E-state index is 0.181. The highest BCUT2D eigenvalue weighted by Crippen LogP contribution is 2.33. The zero-order chi connectivity index (χ0) is 16.5. The first-order chi connectivity index (χ1) is 10.2. The van der Waals surface area contributed by atoms with E-state index in [1.54, 1.807) is 0 Å². The molecular formula is C12H5ClF4N2O3. The second-order valence-electron chi connectivity index (χ2n) is 3.93. The maximum atomic E-state index is 12.9. The molecule has 0 unspecified atom stereocenters. The van der Waals surface area contributed by atoms with Gasteiger partial charge in [0.05, 0.1) is 5.02 Å². The van der Waals surface area contributed by atoms with Crippen molar-refractivity contribution in [3.8, 4) is 11.6 Å². The average Bonchev–Trinajstić information content (AvgIpc) is 2.40. The molecule has 2 rings (SSSR count). The number of alkyl halides is 3. The summed E-state index contributed by atoms with van der Waals surface area (Å²) in [7, 11) is 0. The van der Waals surface area contributed by atoms with Crippen LogP contribution in [0.3, 0.4) is 0 Å². The lowest BCUT2D eigenvalue weighted by Crippen LogP contribution is -2.13. The fraction of sp³-hybridized carbons (Fsp3) is 0.0833. The Morgan fingerprint density at radius 3 is 2.45 bits per heavy atom. The normalized spacial score (nSPS) is 11.3. The van der Waals surface area contributed by atoms with E-state index in [9.17, 15) is 22.4 Å². The second kappa shape index (κ2) is 5.76. The maximum absolute atomic E-state index is 12.9. The van der Waals surface area contributed by atoms with E-state index in [4.69, 9.17) is 21.4 Å². The highest BCUT2D eigenvalue weighted by molar-refractivity contribution is 6.32. The van der Waals surface area contributed by atoms with Crippen LogP contribution < -0.4 is 4.74 Å². The molecule has 0 saturated heterocycles. The molecule has 0 spiro atoms. The molecule has 5 nitrogen and oxygen atoms in total. The molecule has 0 aliphatic heterocycles. The maximum Gasteiger partial charge on any atom is 0.435 e. The average molecular weight is 337 g/mol. The molecule has 22 heavy (non-hydrogen) atoms. The molecule has 0 atom stereocenters. The van der Waals surface area contributed by atoms with Crippen molar-refractivity contribution in [2.24, 2.45) is 0 Å². The van der Waals surface area contributed by atoms with Crippen LogP contribution in [-0.4, -0.2) is 21.3 Å². The largest absolute Gasteiger partial charge is 0.477 e. The Hall–Kier alpha value is -2.42. The number of rotatable bonds is 3. The summed E-state index contributed by atoms with van der Waals surface area (Å²) in [6.45, 7) is 0. The molecule has 1 N–H and O–H groups in total. The topological polar surface area (TPSA) is 72.3 Å². The number of carboxylic acid groups (broad SMARTS) is 1. The molecular weight excluding hydrogens is 332 g/mol. The molecule has 1 heterocycles. The van der Waals surface area contributed by atoms with E-state index in [-0.39, 0.29) is 16.8 Å². The van der Waals surface area contributed by atoms with Crippen molar-refractivity contribution in [3.05, 3.63) is 46.4 Å². The molecule has 0 aliphatic rings. The molecule has 0 bridgehead atoms. The van der Waals surface area contributed by atoms with Crippen molar-refractivity contribution in [2.75, 3.05) is 0 Å². The number of aromatic carboxylic acids is 1. The smallest absolute Gasteiger partial charge is 0.435 e. The van der Waals surface area contributed by atoms with Crippen molar-refractivity contribution in [3.63, 3.8) is 0 Å². The van der Waals surface area contributed by atoms with Crippen LogP contribution in [0.5, 0.6) is 11.6 Å². The van der Waals surface area contributed by atoms with E-state index in [0.29, 0.717) is 0 Å². The van der Waals surface area contributed by atoms with Gasteiger partial charge in [0.2, 0.25) is 0 Å². The third-order valence-corrected chi connectivity index (χ3v) is 2.68. The summed E-state index contributed by atoms with van der Waals surface area (Å²) in [5.41, 5.74) is -2.34. The van der Waals surface area contributed by atoms with Crippen LogP contribution in [-0.2, 0) is 6.18 Å². The molecule has 0 amide bonds. The van der Waals surface area contributed by atoms with E-state index in [2.05, 4.69) is 10.2 Å². The Morgan fingerprint density at radius 2 is 1.91 bits per heavy atom. The van der Waals surface area contributed by atoms with Gasteiger partial charge in [-0.3, -0.25) is 0 Å². The summed E-state index contributed by atoms with van der Waals surface area (Å²) in [5, 5.41) is 14.7. The number of benzene rings is 1. The zero-order valence-corrected chi connectivity index (χ0v) is 11.1. The minimum Gasteiger partial charge on any atom is -0.477 e. The molecule has 1 aromatic heterocycles. The summed E-state index contributed by atoms with van der Waals surface area (Å²) in [6.07, 6.45) is -4.86. The van der Waals surface area contributed by atoms with E-state index >= 15 is 0 Å². The van der Waals surface area contributed by atoms with E-state index in [1.807, 2.05) is 0 Å². The third kappa shape index (κ3) is 3.42. The Balaban J connectivity index is 2.44. The van der Waals surface area contributed by atoms with Crippen LogP contribution in [0.15, 0.2) is 24.3 Å². The van der Waals surface area contributed by atoms with Gasteiger partial charge in [0.25, 0.3) is 5.88 Å². The quantitative estimate of drug-likeness (QED) is 0.864. The molecule has 0 fully saturated rings. The number of halogens is 5. The lowest BCUT2D eigenvalue weighted by molar-refractivity contribution is -0.141. The van der Waals surface area contributed by atoms with E-state index < -0.39 is 35.1 Å². The van der Waals surface area contributed by atoms with Gasteiger partial charge in [0, 0.05) is 0 Å². The first-order valence-electron chi connectivity index (χ1n) is 5.49. The molecule has 116 valence electrons. The summed E-state index contributed by atoms with van der Waals surface area (Å²) >= 11 is 5.67. The van der Waals surface area contributed by atoms with Gasteiger partial charge in [-0.1, -0.05) is 11.6 Å². The zero-order valence-electron chi connectivity index (χ0n) is 10.4. The monoisotopic (exact) mass is 336 g/mol. The van der Waals surface area contributed by atoms with Crippen LogP contribution in [0.25, 0.3) is 0 Å². The van der Waals surface area contributed by atoms with Crippen molar-refractivity contribution in [1.29, 1.82) is 0 Å². The first kappa shape index (κ1) is 16.0. The molecule has 0 saturated carbocycles. The first-order valence-corrected chi connectivity index (χ1v) is 5.87. The highest BCUT2D eigenvalue weighted by atomic mass is 35.5. The molecule has 0 aliphatic carbocycles. The Bertz CT molecular complexity index is 737. The number of carboxylic acids is 1. The number of nitrogens with zero attached hydrogens (tertiary/aromatic N) is 2. The van der Waals surface area contributed by atoms with Crippen molar-refractivity contribution in [1.82, 2.24) is 10.2 Å². The number of ether oxygens (including phenoxy) is 1. The van der Waals surface area contributed by atoms with Gasteiger partial charge < -0.3 is 9.84 Å². The van der Waals surface area contributed by atoms with Crippen LogP contribution in [0.2, 0.25) is 5.02 Å². The molecule has 0 radical (unpaired) electrons. The van der Waals surface area contributed by atoms with Gasteiger partial charge in [-0.25, -0.2) is 9.18 Å². The Morgan fingerprint density at radius 1 is 1.23 bits per heavy atom. The molecule has 10 heteroatoms. The van der Waals surface area contributed by atoms with Gasteiger partial charge in [-0.15, -0.1) is 10.2 Å². The van der Waals surface area contributed by atoms with Crippen molar-refractivity contribution in [2.45, 2.75) is 6.18 Å². The van der Waals surface area contributed by atoms with Gasteiger partial charge >= 0.3 is 12.1 Å². The van der Waals surface area contributed by atoms with E-state index in [0.717, 1.165) is 18.2 Å². The Kier molecular flexibility index (Phi) is 4.18. The fourth-order valence-corrected chi connectivity index (χ4v) is 1.62. The SMILES string of the molecule is O=C(O)c1cc(C(F)(F)F)nnc1Oc1ccc(F)cc1Cl. The number of carbonyl (C=O) groups is 1. The van der Waals surface area contributed by atoms with Gasteiger partial charge in [0.1, 0.15) is 17.1 Å². The second-order valence-corrected chi connectivity index (χ2v) is 4.34. The van der Waals surface area contributed by atoms with E-state index in [1.165, 1.54) is 0 Å². The molecule has 2 aromatic rings. The Labute approximate surface area is 125 Å². The standard InChI is InChI=1S/C12H5ClF4N2O3/c13-7-3-5(14)1-2-8(7)22-10-6(11(20)21)4-9(18-19-10)12(15,16)17/h1-4H,(H,20,21). The minimum atomic E-state index is -4.86. The summed E-state index contributed by atoms with van der Waals surface area (Å²) in [5.74, 6) is -3.25. The number of hydrogen-bond acceptors (Lipinski definition) is 4. The van der Waals surface area contributed by atoms with Gasteiger partial charge in [-0.2, -0.15) is 13.2 Å². The van der Waals surface area contributed by atoms with Gasteiger partial charge in [0.15, 0.2) is 5.69 Å². The van der Waals surface area contributed by atoms with Crippen LogP contribution in [0.1, 0.15) is 16.1 Å². The van der Waals surface area contributed by atoms with Crippen LogP contribution in [0, 0.1) is 5.82 Å². The van der Waals surface area contributed by atoms with Crippen molar-refractivity contribution >= 4 is 17.6 Å². The molecule has 1 aromatic carbocycles. The lowest BCUT2D eigenvalue weighted by Gasteiger charge is -2.10. The fourth-order valence-electron chi connectivity index (χ4n) is 1.41. The number of aromatic nitrogens is 2. The van der Waals surface area contributed by atoms with Gasteiger partial charge in [-0.05, 0) is 24.3 Å². The summed E-state index contributed by atoms with van der Waals surface area (Å²) in [4.78, 5) is 11.0. The highest BCUT2D eigenvalue weighted by Gasteiger charge is 2.35. The van der Waals surface area contributed by atoms with Crippen LogP contribution >= 0.6 is 11.6 Å². The third-order valence-electron chi connectivity index (χ3n) is 2.38. The predicted molar refractivity (Wildman–Crippen MR) is 65.5 cm³/mol. The van der Waals surface area contributed by atoms with Crippen LogP contribution in [0.4, 0.5) is 17.6 Å².